The van der Waals surface area contributed by atoms with Gasteiger partial charge in [0.25, 0.3) is 0 Å². The van der Waals surface area contributed by atoms with E-state index < -0.39 is 0 Å². The molecule has 12 heavy (non-hydrogen) atoms. The van der Waals surface area contributed by atoms with Gasteiger partial charge in [-0.05, 0) is 33.0 Å². The van der Waals surface area contributed by atoms with Gasteiger partial charge in [0.1, 0.15) is 0 Å². The van der Waals surface area contributed by atoms with Crippen molar-refractivity contribution in [2.45, 2.75) is 39.5 Å². The van der Waals surface area contributed by atoms with E-state index in [1.165, 1.54) is 25.7 Å². The summed E-state index contributed by atoms with van der Waals surface area (Å²) < 4.78 is 0. The van der Waals surface area contributed by atoms with Gasteiger partial charge in [-0.1, -0.05) is 39.5 Å². The van der Waals surface area contributed by atoms with Crippen molar-refractivity contribution in [3.8, 4) is 0 Å². The van der Waals surface area contributed by atoms with Crippen LogP contribution in [0.25, 0.3) is 0 Å². The lowest BCUT2D eigenvalue weighted by Gasteiger charge is -2.22. The summed E-state index contributed by atoms with van der Waals surface area (Å²) in [5.41, 5.74) is 0. The van der Waals surface area contributed by atoms with Crippen LogP contribution in [0, 0.1) is 11.8 Å². The summed E-state index contributed by atoms with van der Waals surface area (Å²) in [6.45, 7) is 4.73. The van der Waals surface area contributed by atoms with Crippen molar-refractivity contribution in [3.05, 3.63) is 0 Å². The highest BCUT2D eigenvalue weighted by Crippen LogP contribution is 2.27. The molecule has 0 spiro atoms. The van der Waals surface area contributed by atoms with E-state index in [2.05, 4.69) is 13.8 Å². The summed E-state index contributed by atoms with van der Waals surface area (Å²) in [4.78, 5) is 2.00. The highest BCUT2D eigenvalue weighted by molar-refractivity contribution is 4.65. The normalized spacial score (nSPS) is 29.5. The number of hydrogen-bond donors (Lipinski definition) is 0. The molecule has 1 saturated carbocycles. The molecule has 0 unspecified atom stereocenters. The van der Waals surface area contributed by atoms with Crippen LogP contribution in [0.15, 0.2) is 0 Å². The van der Waals surface area contributed by atoms with Gasteiger partial charge in [0.15, 0.2) is 0 Å². The Morgan fingerprint density at radius 3 is 1.08 bits per heavy atom. The molecule has 1 heteroatoms. The fourth-order valence-electron chi connectivity index (χ4n) is 1.43. The molecule has 0 aromatic rings. The van der Waals surface area contributed by atoms with Crippen LogP contribution in [0.5, 0.6) is 0 Å². The van der Waals surface area contributed by atoms with Crippen LogP contribution in [-0.4, -0.2) is 26.0 Å². The maximum atomic E-state index is 2.37. The van der Waals surface area contributed by atoms with Crippen molar-refractivity contribution in [1.29, 1.82) is 0 Å². The number of nitrogens with zero attached hydrogens (tertiary/aromatic N) is 1. The average molecular weight is 171 g/mol. The van der Waals surface area contributed by atoms with E-state index in [1.54, 1.807) is 0 Å². The van der Waals surface area contributed by atoms with E-state index in [1.807, 2.05) is 26.0 Å². The van der Waals surface area contributed by atoms with E-state index in [0.29, 0.717) is 0 Å². The molecule has 1 aliphatic carbocycles. The summed E-state index contributed by atoms with van der Waals surface area (Å²) in [6.07, 6.45) is 5.89. The van der Waals surface area contributed by atoms with Gasteiger partial charge >= 0.3 is 0 Å². The lowest BCUT2D eigenvalue weighted by atomic mass is 9.84. The summed E-state index contributed by atoms with van der Waals surface area (Å²) in [5.74, 6) is 2.04. The molecule has 0 atom stereocenters. The maximum Gasteiger partial charge on any atom is -0.0140 e. The molecule has 0 aliphatic heterocycles. The summed E-state index contributed by atoms with van der Waals surface area (Å²) >= 11 is 0. The van der Waals surface area contributed by atoms with Crippen LogP contribution >= 0.6 is 0 Å². The predicted octanol–water partition coefficient (Wildman–Crippen LogP) is 3.01. The Morgan fingerprint density at radius 1 is 0.750 bits per heavy atom. The van der Waals surface area contributed by atoms with Crippen molar-refractivity contribution < 1.29 is 0 Å². The smallest absolute Gasteiger partial charge is 0.0140 e. The lowest BCUT2D eigenvalue weighted by molar-refractivity contribution is 0.308. The Kier molecular flexibility index (Phi) is 6.45. The van der Waals surface area contributed by atoms with Crippen LogP contribution in [0.2, 0.25) is 0 Å². The minimum Gasteiger partial charge on any atom is -0.312 e. The lowest BCUT2D eigenvalue weighted by Crippen LogP contribution is -2.08. The van der Waals surface area contributed by atoms with E-state index >= 15 is 0 Å². The molecular weight excluding hydrogens is 146 g/mol. The topological polar surface area (TPSA) is 3.24 Å². The zero-order chi connectivity index (χ0) is 9.56. The Bertz CT molecular complexity index is 78.4. The second-order valence-corrected chi connectivity index (χ2v) is 4.71. The third kappa shape index (κ3) is 8.06. The molecule has 0 bridgehead atoms. The summed E-state index contributed by atoms with van der Waals surface area (Å²) in [6, 6.07) is 0. The van der Waals surface area contributed by atoms with Gasteiger partial charge in [-0.2, -0.15) is 0 Å². The number of hydrogen-bond acceptors (Lipinski definition) is 1. The highest BCUT2D eigenvalue weighted by atomic mass is 15.0. The van der Waals surface area contributed by atoms with Crippen molar-refractivity contribution in [3.63, 3.8) is 0 Å². The molecule has 74 valence electrons. The zero-order valence-corrected chi connectivity index (χ0v) is 9.43. The quantitative estimate of drug-likeness (QED) is 0.541. The minimum absolute atomic E-state index is 1.02. The highest BCUT2D eigenvalue weighted by Gasteiger charge is 2.13. The molecule has 0 aromatic carbocycles. The fourth-order valence-corrected chi connectivity index (χ4v) is 1.43. The van der Waals surface area contributed by atoms with Crippen LogP contribution in [-0.2, 0) is 0 Å². The van der Waals surface area contributed by atoms with Gasteiger partial charge in [-0.3, -0.25) is 0 Å². The molecule has 0 heterocycles. The minimum atomic E-state index is 1.02. The molecular formula is C11H25N. The summed E-state index contributed by atoms with van der Waals surface area (Å²) in [7, 11) is 6.00. The molecule has 1 fully saturated rings. The van der Waals surface area contributed by atoms with Crippen molar-refractivity contribution >= 4 is 0 Å². The number of rotatable bonds is 0. The van der Waals surface area contributed by atoms with Gasteiger partial charge in [0.05, 0.1) is 0 Å². The molecule has 0 aromatic heterocycles. The monoisotopic (exact) mass is 171 g/mol. The first kappa shape index (κ1) is 12.0. The second-order valence-electron chi connectivity index (χ2n) is 4.71. The van der Waals surface area contributed by atoms with Crippen molar-refractivity contribution in [2.24, 2.45) is 11.8 Å². The van der Waals surface area contributed by atoms with Gasteiger partial charge in [-0.15, -0.1) is 0 Å². The molecule has 0 radical (unpaired) electrons. The molecule has 0 N–H and O–H groups in total. The molecule has 0 amide bonds. The van der Waals surface area contributed by atoms with Gasteiger partial charge in [0.2, 0.25) is 0 Å². The maximum absolute atomic E-state index is 2.37. The second kappa shape index (κ2) is 6.47. The van der Waals surface area contributed by atoms with Gasteiger partial charge in [-0.25, -0.2) is 0 Å². The van der Waals surface area contributed by atoms with Crippen LogP contribution in [0.4, 0.5) is 0 Å². The predicted molar refractivity (Wildman–Crippen MR) is 56.4 cm³/mol. The largest absolute Gasteiger partial charge is 0.312 e. The van der Waals surface area contributed by atoms with Crippen LogP contribution in [0.1, 0.15) is 39.5 Å². The Hall–Kier alpha value is -0.0400. The average Bonchev–Trinajstić information content (AvgIpc) is 1.94. The Labute approximate surface area is 78.1 Å². The Morgan fingerprint density at radius 2 is 0.917 bits per heavy atom. The molecule has 1 rings (SSSR count). The first-order valence-corrected chi connectivity index (χ1v) is 5.13. The third-order valence-corrected chi connectivity index (χ3v) is 2.30. The van der Waals surface area contributed by atoms with E-state index in [0.717, 1.165) is 11.8 Å². The molecule has 1 nitrogen and oxygen atoms in total. The van der Waals surface area contributed by atoms with Gasteiger partial charge in [0, 0.05) is 0 Å². The SMILES string of the molecule is CC1CCC(C)CC1.CN(C)C. The molecule has 0 saturated heterocycles. The van der Waals surface area contributed by atoms with E-state index in [-0.39, 0.29) is 0 Å². The summed E-state index contributed by atoms with van der Waals surface area (Å²) in [5, 5.41) is 0. The van der Waals surface area contributed by atoms with Crippen LogP contribution < -0.4 is 0 Å². The zero-order valence-electron chi connectivity index (χ0n) is 9.43. The van der Waals surface area contributed by atoms with E-state index in [4.69, 9.17) is 0 Å². The molecule has 1 aliphatic rings. The van der Waals surface area contributed by atoms with Crippen molar-refractivity contribution in [2.75, 3.05) is 21.1 Å². The Balaban J connectivity index is 0.000000261. The third-order valence-electron chi connectivity index (χ3n) is 2.30. The standard InChI is InChI=1S/C8H16.C3H9N/c1-7-3-5-8(2)6-4-7;1-4(2)3/h7-8H,3-6H2,1-2H3;1-3H3. The van der Waals surface area contributed by atoms with E-state index in [9.17, 15) is 0 Å². The van der Waals surface area contributed by atoms with Gasteiger partial charge < -0.3 is 4.90 Å². The van der Waals surface area contributed by atoms with Crippen LogP contribution in [0.3, 0.4) is 0 Å². The first-order valence-electron chi connectivity index (χ1n) is 5.13. The van der Waals surface area contributed by atoms with Crippen molar-refractivity contribution in [1.82, 2.24) is 4.90 Å². The fraction of sp³-hybridized carbons (Fsp3) is 1.00. The first-order chi connectivity index (χ1) is 5.52.